The molecule has 0 aliphatic rings. The molecule has 108 valence electrons. The van der Waals surface area contributed by atoms with Crippen molar-refractivity contribution in [3.8, 4) is 0 Å². The van der Waals surface area contributed by atoms with Crippen LogP contribution in [0.5, 0.6) is 0 Å². The first-order valence-corrected chi connectivity index (χ1v) is 6.59. The Balaban J connectivity index is 2.32. The molecule has 0 aliphatic carbocycles. The summed E-state index contributed by atoms with van der Waals surface area (Å²) in [6.07, 6.45) is 1.98. The Morgan fingerprint density at radius 1 is 1.53 bits per heavy atom. The van der Waals surface area contributed by atoms with Gasteiger partial charge in [0, 0.05) is 6.61 Å². The third-order valence-corrected chi connectivity index (χ3v) is 2.78. The molecule has 1 atom stereocenters. The van der Waals surface area contributed by atoms with E-state index in [0.717, 1.165) is 18.6 Å². The van der Waals surface area contributed by atoms with Crippen LogP contribution in [-0.2, 0) is 15.1 Å². The first-order chi connectivity index (χ1) is 8.95. The lowest BCUT2D eigenvalue weighted by atomic mass is 10.0. The number of carbonyl (C=O) groups is 1. The smallest absolute Gasteiger partial charge is 0.246 e. The van der Waals surface area contributed by atoms with E-state index in [1.807, 2.05) is 0 Å². The number of aryl methyl sites for hydroxylation is 1. The molecule has 0 saturated heterocycles. The van der Waals surface area contributed by atoms with Gasteiger partial charge in [-0.15, -0.1) is 0 Å². The lowest BCUT2D eigenvalue weighted by Crippen LogP contribution is -2.39. The second kappa shape index (κ2) is 7.31. The minimum absolute atomic E-state index is 0.0211. The van der Waals surface area contributed by atoms with E-state index in [9.17, 15) is 9.90 Å². The minimum Gasteiger partial charge on any atom is -0.463 e. The summed E-state index contributed by atoms with van der Waals surface area (Å²) in [5.74, 6) is 0.932. The second-order valence-electron chi connectivity index (χ2n) is 4.87. The maximum Gasteiger partial charge on any atom is 0.246 e. The molecule has 1 heterocycles. The number of amides is 1. The van der Waals surface area contributed by atoms with E-state index in [4.69, 9.17) is 9.15 Å². The topological polar surface area (TPSA) is 71.7 Å². The van der Waals surface area contributed by atoms with E-state index >= 15 is 0 Å². The van der Waals surface area contributed by atoms with Crippen LogP contribution in [0.1, 0.15) is 38.2 Å². The summed E-state index contributed by atoms with van der Waals surface area (Å²) in [5.41, 5.74) is -1.21. The van der Waals surface area contributed by atoms with Crippen LogP contribution >= 0.6 is 0 Å². The van der Waals surface area contributed by atoms with Crippen molar-refractivity contribution in [2.45, 2.75) is 39.2 Å². The molecule has 19 heavy (non-hydrogen) atoms. The Morgan fingerprint density at radius 2 is 2.26 bits per heavy atom. The van der Waals surface area contributed by atoms with Gasteiger partial charge in [0.15, 0.2) is 0 Å². The average Bonchev–Trinajstić information content (AvgIpc) is 2.80. The molecule has 5 heteroatoms. The molecule has 5 nitrogen and oxygen atoms in total. The molecule has 0 fully saturated rings. The molecule has 1 rings (SSSR count). The van der Waals surface area contributed by atoms with Gasteiger partial charge in [-0.25, -0.2) is 0 Å². The number of nitrogens with one attached hydrogen (secondary N) is 1. The fraction of sp³-hybridized carbons (Fsp3) is 0.643. The first kappa shape index (κ1) is 15.7. The monoisotopic (exact) mass is 269 g/mol. The SMILES string of the molecule is CCCCOCC(=O)NCC(C)(O)c1ccc(C)o1. The molecule has 1 aromatic rings. The number of aliphatic hydroxyl groups is 1. The van der Waals surface area contributed by atoms with Gasteiger partial charge >= 0.3 is 0 Å². The van der Waals surface area contributed by atoms with Gasteiger partial charge in [0.1, 0.15) is 23.7 Å². The molecule has 0 saturated carbocycles. The van der Waals surface area contributed by atoms with Crippen molar-refractivity contribution in [3.05, 3.63) is 23.7 Å². The van der Waals surface area contributed by atoms with Crippen molar-refractivity contribution in [1.29, 1.82) is 0 Å². The maximum absolute atomic E-state index is 11.5. The third kappa shape index (κ3) is 5.44. The molecule has 0 aliphatic heterocycles. The van der Waals surface area contributed by atoms with Gasteiger partial charge in [-0.2, -0.15) is 0 Å². The van der Waals surface area contributed by atoms with Crippen LogP contribution < -0.4 is 5.32 Å². The Labute approximate surface area is 113 Å². The molecule has 2 N–H and O–H groups in total. The van der Waals surface area contributed by atoms with Crippen LogP contribution in [0.4, 0.5) is 0 Å². The summed E-state index contributed by atoms with van der Waals surface area (Å²) in [5, 5.41) is 12.8. The number of carbonyl (C=O) groups excluding carboxylic acids is 1. The zero-order chi connectivity index (χ0) is 14.3. The van der Waals surface area contributed by atoms with Crippen molar-refractivity contribution in [1.82, 2.24) is 5.32 Å². The summed E-state index contributed by atoms with van der Waals surface area (Å²) in [4.78, 5) is 11.5. The van der Waals surface area contributed by atoms with Crippen LogP contribution in [-0.4, -0.2) is 30.8 Å². The molecule has 1 amide bonds. The van der Waals surface area contributed by atoms with E-state index in [1.54, 1.807) is 26.0 Å². The Hall–Kier alpha value is -1.33. The van der Waals surface area contributed by atoms with Crippen molar-refractivity contribution in [2.75, 3.05) is 19.8 Å². The Kier molecular flexibility index (Phi) is 6.05. The zero-order valence-corrected chi connectivity index (χ0v) is 11.9. The van der Waals surface area contributed by atoms with Gasteiger partial charge in [-0.3, -0.25) is 4.79 Å². The molecule has 1 unspecified atom stereocenters. The Bertz CT molecular complexity index is 398. The zero-order valence-electron chi connectivity index (χ0n) is 11.9. The highest BCUT2D eigenvalue weighted by Gasteiger charge is 2.27. The van der Waals surface area contributed by atoms with Gasteiger partial charge in [0.2, 0.25) is 5.91 Å². The van der Waals surface area contributed by atoms with Crippen LogP contribution in [0.25, 0.3) is 0 Å². The lowest BCUT2D eigenvalue weighted by molar-refractivity contribution is -0.127. The molecule has 0 aromatic carbocycles. The number of unbranched alkanes of at least 4 members (excludes halogenated alkanes) is 1. The fourth-order valence-corrected chi connectivity index (χ4v) is 1.54. The summed E-state index contributed by atoms with van der Waals surface area (Å²) >= 11 is 0. The first-order valence-electron chi connectivity index (χ1n) is 6.59. The summed E-state index contributed by atoms with van der Waals surface area (Å²) in [6, 6.07) is 3.48. The fourth-order valence-electron chi connectivity index (χ4n) is 1.54. The van der Waals surface area contributed by atoms with Crippen LogP contribution in [0.15, 0.2) is 16.5 Å². The van der Waals surface area contributed by atoms with Crippen molar-refractivity contribution < 1.29 is 19.1 Å². The Morgan fingerprint density at radius 3 is 2.84 bits per heavy atom. The van der Waals surface area contributed by atoms with E-state index < -0.39 is 5.60 Å². The molecular formula is C14H23NO4. The second-order valence-corrected chi connectivity index (χ2v) is 4.87. The average molecular weight is 269 g/mol. The molecule has 0 spiro atoms. The lowest BCUT2D eigenvalue weighted by Gasteiger charge is -2.21. The minimum atomic E-state index is -1.21. The highest BCUT2D eigenvalue weighted by molar-refractivity contribution is 5.77. The molecule has 0 radical (unpaired) electrons. The quantitative estimate of drug-likeness (QED) is 0.705. The van der Waals surface area contributed by atoms with Gasteiger partial charge < -0.3 is 19.6 Å². The van der Waals surface area contributed by atoms with Crippen LogP contribution in [0.2, 0.25) is 0 Å². The normalized spacial score (nSPS) is 14.1. The number of furan rings is 1. The van der Waals surface area contributed by atoms with Crippen molar-refractivity contribution in [3.63, 3.8) is 0 Å². The number of rotatable bonds is 8. The van der Waals surface area contributed by atoms with Gasteiger partial charge in [-0.1, -0.05) is 13.3 Å². The predicted molar refractivity (Wildman–Crippen MR) is 71.8 cm³/mol. The largest absolute Gasteiger partial charge is 0.463 e. The highest BCUT2D eigenvalue weighted by atomic mass is 16.5. The van der Waals surface area contributed by atoms with Gasteiger partial charge in [0.25, 0.3) is 0 Å². The van der Waals surface area contributed by atoms with Crippen molar-refractivity contribution in [2.24, 2.45) is 0 Å². The predicted octanol–water partition coefficient (Wildman–Crippen LogP) is 1.73. The molecular weight excluding hydrogens is 246 g/mol. The third-order valence-electron chi connectivity index (χ3n) is 2.78. The highest BCUT2D eigenvalue weighted by Crippen LogP contribution is 2.21. The maximum atomic E-state index is 11.5. The van der Waals surface area contributed by atoms with E-state index in [2.05, 4.69) is 12.2 Å². The van der Waals surface area contributed by atoms with E-state index in [-0.39, 0.29) is 19.1 Å². The van der Waals surface area contributed by atoms with Crippen molar-refractivity contribution >= 4 is 5.91 Å². The molecule has 1 aromatic heterocycles. The van der Waals surface area contributed by atoms with E-state index in [1.165, 1.54) is 0 Å². The van der Waals surface area contributed by atoms with Crippen LogP contribution in [0.3, 0.4) is 0 Å². The number of ether oxygens (including phenoxy) is 1. The number of hydrogen-bond acceptors (Lipinski definition) is 4. The van der Waals surface area contributed by atoms with E-state index in [0.29, 0.717) is 12.4 Å². The van der Waals surface area contributed by atoms with Crippen LogP contribution in [0, 0.1) is 6.92 Å². The summed E-state index contributed by atoms with van der Waals surface area (Å²) < 4.78 is 10.6. The molecule has 0 bridgehead atoms. The summed E-state index contributed by atoms with van der Waals surface area (Å²) in [6.45, 7) is 6.16. The standard InChI is InChI=1S/C14H23NO4/c1-4-5-8-18-9-13(16)15-10-14(3,17)12-7-6-11(2)19-12/h6-7,17H,4-5,8-10H2,1-3H3,(H,15,16). The van der Waals surface area contributed by atoms with Gasteiger partial charge in [-0.05, 0) is 32.4 Å². The summed E-state index contributed by atoms with van der Waals surface area (Å²) in [7, 11) is 0. The van der Waals surface area contributed by atoms with Gasteiger partial charge in [0.05, 0.1) is 6.54 Å². The number of hydrogen-bond donors (Lipinski definition) is 2.